The molecule has 19 heavy (non-hydrogen) atoms. The second kappa shape index (κ2) is 5.92. The van der Waals surface area contributed by atoms with E-state index in [2.05, 4.69) is 21.8 Å². The van der Waals surface area contributed by atoms with Gasteiger partial charge in [-0.2, -0.15) is 13.2 Å². The highest BCUT2D eigenvalue weighted by molar-refractivity contribution is 7.15. The Balaban J connectivity index is 1.86. The van der Waals surface area contributed by atoms with Gasteiger partial charge in [-0.25, -0.2) is 4.98 Å². The number of rotatable bonds is 4. The van der Waals surface area contributed by atoms with Crippen LogP contribution in [0.3, 0.4) is 0 Å². The molecule has 1 N–H and O–H groups in total. The molecule has 0 bridgehead atoms. The highest BCUT2D eigenvalue weighted by Gasteiger charge is 2.33. The first kappa shape index (κ1) is 14.3. The van der Waals surface area contributed by atoms with Crippen LogP contribution in [0.1, 0.15) is 17.7 Å². The van der Waals surface area contributed by atoms with Crippen LogP contribution in [0.2, 0.25) is 0 Å². The number of likely N-dealkylation sites (tertiary alicyclic amines) is 1. The quantitative estimate of drug-likeness (QED) is 0.863. The minimum atomic E-state index is -4.30. The van der Waals surface area contributed by atoms with Gasteiger partial charge in [-0.15, -0.1) is 6.58 Å². The second-order valence-corrected chi connectivity index (χ2v) is 5.57. The minimum absolute atomic E-state index is 0.202. The summed E-state index contributed by atoms with van der Waals surface area (Å²) in [7, 11) is 0. The van der Waals surface area contributed by atoms with Gasteiger partial charge in [0.05, 0.1) is 6.20 Å². The maximum atomic E-state index is 12.4. The minimum Gasteiger partial charge on any atom is -0.359 e. The van der Waals surface area contributed by atoms with Crippen LogP contribution in [-0.4, -0.2) is 35.6 Å². The van der Waals surface area contributed by atoms with Crippen LogP contribution in [0.4, 0.5) is 18.3 Å². The zero-order valence-corrected chi connectivity index (χ0v) is 11.2. The summed E-state index contributed by atoms with van der Waals surface area (Å²) in [5.74, 6) is 0. The highest BCUT2D eigenvalue weighted by Crippen LogP contribution is 2.35. The standard InChI is InChI=1S/C12H16F3N3S/c1-2-5-18-6-3-9(4-7-18)17-11-16-8-10(19-11)12(13,14)15/h2,8-9H,1,3-7H2,(H,16,17). The number of anilines is 1. The fraction of sp³-hybridized carbons (Fsp3) is 0.583. The van der Waals surface area contributed by atoms with E-state index >= 15 is 0 Å². The number of aromatic nitrogens is 1. The molecule has 7 heteroatoms. The molecule has 106 valence electrons. The Labute approximate surface area is 114 Å². The van der Waals surface area contributed by atoms with Crippen molar-refractivity contribution in [2.24, 2.45) is 0 Å². The van der Waals surface area contributed by atoms with Crippen molar-refractivity contribution < 1.29 is 13.2 Å². The molecule has 0 saturated carbocycles. The average molecular weight is 291 g/mol. The summed E-state index contributed by atoms with van der Waals surface area (Å²) in [4.78, 5) is 5.41. The number of hydrogen-bond acceptors (Lipinski definition) is 4. The molecule has 1 aliphatic heterocycles. The smallest absolute Gasteiger partial charge is 0.359 e. The first-order chi connectivity index (χ1) is 8.99. The second-order valence-electron chi connectivity index (χ2n) is 4.54. The number of nitrogens with one attached hydrogen (secondary N) is 1. The van der Waals surface area contributed by atoms with Gasteiger partial charge in [0, 0.05) is 25.7 Å². The Kier molecular flexibility index (Phi) is 4.46. The Hall–Kier alpha value is -1.08. The van der Waals surface area contributed by atoms with Gasteiger partial charge in [0.15, 0.2) is 5.13 Å². The third kappa shape index (κ3) is 3.94. The van der Waals surface area contributed by atoms with Crippen LogP contribution in [0.5, 0.6) is 0 Å². The lowest BCUT2D eigenvalue weighted by Crippen LogP contribution is -2.39. The molecular weight excluding hydrogens is 275 g/mol. The first-order valence-electron chi connectivity index (χ1n) is 6.12. The molecule has 1 aromatic rings. The van der Waals surface area contributed by atoms with Crippen molar-refractivity contribution in [2.45, 2.75) is 25.1 Å². The summed E-state index contributed by atoms with van der Waals surface area (Å²) in [6.07, 6.45) is 0.276. The van der Waals surface area contributed by atoms with Gasteiger partial charge >= 0.3 is 6.18 Å². The number of halogens is 3. The van der Waals surface area contributed by atoms with Gasteiger partial charge in [-0.1, -0.05) is 17.4 Å². The topological polar surface area (TPSA) is 28.2 Å². The van der Waals surface area contributed by atoms with Crippen molar-refractivity contribution >= 4 is 16.5 Å². The number of piperidine rings is 1. The summed E-state index contributed by atoms with van der Waals surface area (Å²) < 4.78 is 37.3. The molecule has 2 heterocycles. The van der Waals surface area contributed by atoms with Gasteiger partial charge in [-0.05, 0) is 12.8 Å². The van der Waals surface area contributed by atoms with Gasteiger partial charge in [0.25, 0.3) is 0 Å². The van der Waals surface area contributed by atoms with E-state index in [-0.39, 0.29) is 6.04 Å². The van der Waals surface area contributed by atoms with Crippen LogP contribution in [0.15, 0.2) is 18.9 Å². The van der Waals surface area contributed by atoms with E-state index in [1.54, 1.807) is 0 Å². The van der Waals surface area contributed by atoms with E-state index in [0.29, 0.717) is 16.5 Å². The third-order valence-electron chi connectivity index (χ3n) is 3.09. The van der Waals surface area contributed by atoms with Crippen LogP contribution in [0, 0.1) is 0 Å². The van der Waals surface area contributed by atoms with E-state index in [9.17, 15) is 13.2 Å². The summed E-state index contributed by atoms with van der Waals surface area (Å²) in [6, 6.07) is 0.202. The molecule has 2 rings (SSSR count). The van der Waals surface area contributed by atoms with E-state index in [4.69, 9.17) is 0 Å². The fourth-order valence-corrected chi connectivity index (χ4v) is 2.85. The largest absolute Gasteiger partial charge is 0.427 e. The van der Waals surface area contributed by atoms with Crippen molar-refractivity contribution in [1.82, 2.24) is 9.88 Å². The van der Waals surface area contributed by atoms with Gasteiger partial charge in [0.1, 0.15) is 4.88 Å². The third-order valence-corrected chi connectivity index (χ3v) is 4.06. The molecule has 0 aliphatic carbocycles. The van der Waals surface area contributed by atoms with Crippen molar-refractivity contribution in [2.75, 3.05) is 25.0 Å². The molecule has 3 nitrogen and oxygen atoms in total. The first-order valence-corrected chi connectivity index (χ1v) is 6.93. The fourth-order valence-electron chi connectivity index (χ4n) is 2.09. The van der Waals surface area contributed by atoms with Crippen LogP contribution in [0.25, 0.3) is 0 Å². The van der Waals surface area contributed by atoms with Gasteiger partial charge in [0.2, 0.25) is 0 Å². The van der Waals surface area contributed by atoms with E-state index < -0.39 is 11.1 Å². The Bertz CT molecular complexity index is 422. The normalized spacial score (nSPS) is 18.5. The number of thiazole rings is 1. The highest BCUT2D eigenvalue weighted by atomic mass is 32.1. The molecule has 0 amide bonds. The van der Waals surface area contributed by atoms with Crippen molar-refractivity contribution in [3.05, 3.63) is 23.7 Å². The number of nitrogens with zero attached hydrogens (tertiary/aromatic N) is 2. The number of hydrogen-bond donors (Lipinski definition) is 1. The lowest BCUT2D eigenvalue weighted by molar-refractivity contribution is -0.134. The lowest BCUT2D eigenvalue weighted by Gasteiger charge is -2.31. The van der Waals surface area contributed by atoms with Crippen molar-refractivity contribution in [1.29, 1.82) is 0 Å². The van der Waals surface area contributed by atoms with Crippen molar-refractivity contribution in [3.8, 4) is 0 Å². The lowest BCUT2D eigenvalue weighted by atomic mass is 10.1. The summed E-state index contributed by atoms with van der Waals surface area (Å²) in [6.45, 7) is 6.42. The average Bonchev–Trinajstić information content (AvgIpc) is 2.80. The van der Waals surface area contributed by atoms with E-state index in [1.165, 1.54) is 0 Å². The summed E-state index contributed by atoms with van der Waals surface area (Å²) in [5, 5.41) is 3.45. The van der Waals surface area contributed by atoms with Crippen LogP contribution in [-0.2, 0) is 6.18 Å². The SMILES string of the molecule is C=CCN1CCC(Nc2ncc(C(F)(F)F)s2)CC1. The molecule has 1 aliphatic rings. The Morgan fingerprint density at radius 2 is 2.16 bits per heavy atom. The molecule has 0 aromatic carbocycles. The molecule has 1 saturated heterocycles. The summed E-state index contributed by atoms with van der Waals surface area (Å²) >= 11 is 0.668. The molecule has 0 radical (unpaired) electrons. The zero-order chi connectivity index (χ0) is 13.9. The maximum absolute atomic E-state index is 12.4. The van der Waals surface area contributed by atoms with E-state index in [1.807, 2.05) is 6.08 Å². The molecule has 0 unspecified atom stereocenters. The van der Waals surface area contributed by atoms with E-state index in [0.717, 1.165) is 38.7 Å². The summed E-state index contributed by atoms with van der Waals surface area (Å²) in [5.41, 5.74) is 0. The molecular formula is C12H16F3N3S. The van der Waals surface area contributed by atoms with Crippen LogP contribution >= 0.6 is 11.3 Å². The van der Waals surface area contributed by atoms with Crippen molar-refractivity contribution in [3.63, 3.8) is 0 Å². The molecule has 0 spiro atoms. The Morgan fingerprint density at radius 3 is 2.68 bits per heavy atom. The zero-order valence-electron chi connectivity index (χ0n) is 10.4. The number of alkyl halides is 3. The predicted octanol–water partition coefficient (Wildman–Crippen LogP) is 3.22. The molecule has 0 atom stereocenters. The monoisotopic (exact) mass is 291 g/mol. The van der Waals surface area contributed by atoms with Crippen LogP contribution < -0.4 is 5.32 Å². The van der Waals surface area contributed by atoms with Gasteiger partial charge in [-0.3, -0.25) is 4.90 Å². The molecule has 1 aromatic heterocycles. The predicted molar refractivity (Wildman–Crippen MR) is 70.4 cm³/mol. The molecule has 1 fully saturated rings. The maximum Gasteiger partial charge on any atom is 0.427 e. The van der Waals surface area contributed by atoms with Gasteiger partial charge < -0.3 is 5.32 Å². The Morgan fingerprint density at radius 1 is 1.47 bits per heavy atom.